The summed E-state index contributed by atoms with van der Waals surface area (Å²) in [7, 11) is 0. The number of pyridine rings is 1. The van der Waals surface area contributed by atoms with Gasteiger partial charge in [0.25, 0.3) is 5.91 Å². The normalized spacial score (nSPS) is 22.3. The van der Waals surface area contributed by atoms with E-state index in [1.54, 1.807) is 0 Å². The molecule has 2 heterocycles. The molecular formula is C11H12FN3O4. The first-order valence-corrected chi connectivity index (χ1v) is 5.59. The number of amides is 2. The molecule has 0 radical (unpaired) electrons. The van der Waals surface area contributed by atoms with Crippen LogP contribution >= 0.6 is 0 Å². The van der Waals surface area contributed by atoms with Gasteiger partial charge in [-0.1, -0.05) is 0 Å². The number of carboxylic acid groups (broad SMARTS) is 1. The molecule has 0 unspecified atom stereocenters. The van der Waals surface area contributed by atoms with Crippen molar-refractivity contribution in [1.82, 2.24) is 9.88 Å². The Morgan fingerprint density at radius 2 is 2.21 bits per heavy atom. The maximum atomic E-state index is 12.7. The first-order valence-electron chi connectivity index (χ1n) is 5.59. The molecule has 2 rings (SSSR count). The summed E-state index contributed by atoms with van der Waals surface area (Å²) in [6, 6.07) is 1.19. The molecule has 2 atom stereocenters. The molecule has 3 N–H and O–H groups in total. The van der Waals surface area contributed by atoms with Crippen LogP contribution in [0.5, 0.6) is 0 Å². The highest BCUT2D eigenvalue weighted by molar-refractivity contribution is 5.96. The number of aromatic nitrogens is 1. The van der Waals surface area contributed by atoms with Gasteiger partial charge in [-0.2, -0.15) is 0 Å². The van der Waals surface area contributed by atoms with Crippen LogP contribution in [0, 0.1) is 5.82 Å². The van der Waals surface area contributed by atoms with Crippen LogP contribution in [0.4, 0.5) is 15.0 Å². The smallest absolute Gasteiger partial charge is 0.408 e. The highest BCUT2D eigenvalue weighted by Crippen LogP contribution is 2.19. The number of carbonyl (C=O) groups is 2. The highest BCUT2D eigenvalue weighted by Gasteiger charge is 2.41. The van der Waals surface area contributed by atoms with Crippen LogP contribution in [0.1, 0.15) is 6.42 Å². The summed E-state index contributed by atoms with van der Waals surface area (Å²) in [5.41, 5.74) is 0. The number of nitrogens with zero attached hydrogens (tertiary/aromatic N) is 2. The minimum Gasteiger partial charge on any atom is -0.465 e. The number of hydrogen-bond donors (Lipinski definition) is 3. The first-order chi connectivity index (χ1) is 8.99. The molecule has 1 aliphatic rings. The van der Waals surface area contributed by atoms with E-state index >= 15 is 0 Å². The molecule has 7 nitrogen and oxygen atoms in total. The molecule has 0 saturated carbocycles. The van der Waals surface area contributed by atoms with Crippen molar-refractivity contribution in [2.45, 2.75) is 18.6 Å². The Bertz CT molecular complexity index is 493. The molecule has 1 aliphatic heterocycles. The van der Waals surface area contributed by atoms with Gasteiger partial charge in [0.05, 0.1) is 12.3 Å². The van der Waals surface area contributed by atoms with Crippen LogP contribution in [0.3, 0.4) is 0 Å². The third-order valence-electron chi connectivity index (χ3n) is 2.86. The summed E-state index contributed by atoms with van der Waals surface area (Å²) in [6.45, 7) is 0.0887. The van der Waals surface area contributed by atoms with Gasteiger partial charge in [0.15, 0.2) is 0 Å². The number of aliphatic hydroxyl groups is 1. The van der Waals surface area contributed by atoms with Crippen molar-refractivity contribution < 1.29 is 24.2 Å². The monoisotopic (exact) mass is 269 g/mol. The summed E-state index contributed by atoms with van der Waals surface area (Å²) in [5.74, 6) is -1.14. The van der Waals surface area contributed by atoms with E-state index in [1.807, 2.05) is 0 Å². The van der Waals surface area contributed by atoms with Crippen LogP contribution in [-0.4, -0.2) is 50.8 Å². The number of aliphatic hydroxyl groups excluding tert-OH is 1. The summed E-state index contributed by atoms with van der Waals surface area (Å²) < 4.78 is 12.7. The van der Waals surface area contributed by atoms with Crippen molar-refractivity contribution in [1.29, 1.82) is 0 Å². The summed E-state index contributed by atoms with van der Waals surface area (Å²) in [6.07, 6.45) is -1.21. The Labute approximate surface area is 107 Å². The fourth-order valence-electron chi connectivity index (χ4n) is 1.96. The standard InChI is InChI=1S/C11H12FN3O4/c12-6-1-2-8(13-5-6)14-10(17)9-7(16)3-4-15(9)11(18)19/h1-2,5,7,9,16H,3-4H2,(H,18,19)(H,13,14,17)/t7-,9-/m0/s1. The molecule has 0 aliphatic carbocycles. The largest absolute Gasteiger partial charge is 0.465 e. The van der Waals surface area contributed by atoms with Crippen LogP contribution in [-0.2, 0) is 4.79 Å². The molecule has 0 spiro atoms. The number of rotatable bonds is 2. The number of halogens is 1. The lowest BCUT2D eigenvalue weighted by Gasteiger charge is -2.22. The Balaban J connectivity index is 2.10. The third-order valence-corrected chi connectivity index (χ3v) is 2.86. The van der Waals surface area contributed by atoms with E-state index in [0.717, 1.165) is 17.2 Å². The molecule has 8 heteroatoms. The fourth-order valence-corrected chi connectivity index (χ4v) is 1.96. The van der Waals surface area contributed by atoms with E-state index < -0.39 is 30.0 Å². The summed E-state index contributed by atoms with van der Waals surface area (Å²) >= 11 is 0. The van der Waals surface area contributed by atoms with Gasteiger partial charge < -0.3 is 15.5 Å². The van der Waals surface area contributed by atoms with Gasteiger partial charge in [-0.05, 0) is 18.6 Å². The lowest BCUT2D eigenvalue weighted by Crippen LogP contribution is -2.47. The molecule has 0 bridgehead atoms. The van der Waals surface area contributed by atoms with Gasteiger partial charge in [-0.3, -0.25) is 9.69 Å². The van der Waals surface area contributed by atoms with Gasteiger partial charge in [0.1, 0.15) is 17.7 Å². The Kier molecular flexibility index (Phi) is 3.61. The van der Waals surface area contributed by atoms with E-state index in [1.165, 1.54) is 6.07 Å². The summed E-state index contributed by atoms with van der Waals surface area (Å²) in [5, 5.41) is 20.9. The van der Waals surface area contributed by atoms with Crippen molar-refractivity contribution in [2.24, 2.45) is 0 Å². The molecular weight excluding hydrogens is 257 g/mol. The third kappa shape index (κ3) is 2.79. The number of nitrogens with one attached hydrogen (secondary N) is 1. The Morgan fingerprint density at radius 3 is 2.79 bits per heavy atom. The zero-order valence-corrected chi connectivity index (χ0v) is 9.78. The SMILES string of the molecule is O=C(Nc1ccc(F)cn1)[C@@H]1[C@@H](O)CCN1C(=O)O. The number of likely N-dealkylation sites (tertiary alicyclic amines) is 1. The van der Waals surface area contributed by atoms with Gasteiger partial charge in [-0.25, -0.2) is 14.2 Å². The van der Waals surface area contributed by atoms with Gasteiger partial charge >= 0.3 is 6.09 Å². The first kappa shape index (κ1) is 13.2. The minimum absolute atomic E-state index is 0.0887. The van der Waals surface area contributed by atoms with Crippen LogP contribution in [0.15, 0.2) is 18.3 Å². The molecule has 2 amide bonds. The molecule has 19 heavy (non-hydrogen) atoms. The van der Waals surface area contributed by atoms with E-state index in [-0.39, 0.29) is 18.8 Å². The average molecular weight is 269 g/mol. The second-order valence-electron chi connectivity index (χ2n) is 4.13. The Morgan fingerprint density at radius 1 is 1.47 bits per heavy atom. The average Bonchev–Trinajstić information content (AvgIpc) is 2.74. The van der Waals surface area contributed by atoms with Gasteiger partial charge in [0.2, 0.25) is 0 Å². The molecule has 1 fully saturated rings. The second kappa shape index (κ2) is 5.19. The molecule has 1 saturated heterocycles. The number of anilines is 1. The number of hydrogen-bond acceptors (Lipinski definition) is 4. The topological polar surface area (TPSA) is 103 Å². The Hall–Kier alpha value is -2.22. The van der Waals surface area contributed by atoms with Crippen molar-refractivity contribution in [3.8, 4) is 0 Å². The van der Waals surface area contributed by atoms with E-state index in [9.17, 15) is 19.1 Å². The lowest BCUT2D eigenvalue weighted by molar-refractivity contribution is -0.122. The zero-order valence-electron chi connectivity index (χ0n) is 9.78. The van der Waals surface area contributed by atoms with Crippen LogP contribution in [0.25, 0.3) is 0 Å². The van der Waals surface area contributed by atoms with E-state index in [0.29, 0.717) is 0 Å². The maximum Gasteiger partial charge on any atom is 0.408 e. The van der Waals surface area contributed by atoms with E-state index in [2.05, 4.69) is 10.3 Å². The lowest BCUT2D eigenvalue weighted by atomic mass is 10.1. The summed E-state index contributed by atoms with van der Waals surface area (Å²) in [4.78, 5) is 27.3. The predicted octanol–water partition coefficient (Wildman–Crippen LogP) is 0.272. The van der Waals surface area contributed by atoms with Crippen molar-refractivity contribution >= 4 is 17.8 Å². The van der Waals surface area contributed by atoms with Gasteiger partial charge in [0, 0.05) is 6.54 Å². The van der Waals surface area contributed by atoms with E-state index in [4.69, 9.17) is 5.11 Å². The van der Waals surface area contributed by atoms with Crippen molar-refractivity contribution in [2.75, 3.05) is 11.9 Å². The molecule has 1 aromatic heterocycles. The quantitative estimate of drug-likeness (QED) is 0.715. The molecule has 1 aromatic rings. The van der Waals surface area contributed by atoms with Crippen molar-refractivity contribution in [3.05, 3.63) is 24.1 Å². The maximum absolute atomic E-state index is 12.7. The highest BCUT2D eigenvalue weighted by atomic mass is 19.1. The van der Waals surface area contributed by atoms with Crippen LogP contribution in [0.2, 0.25) is 0 Å². The predicted molar refractivity (Wildman–Crippen MR) is 62.0 cm³/mol. The molecule has 0 aromatic carbocycles. The minimum atomic E-state index is -1.27. The fraction of sp³-hybridized carbons (Fsp3) is 0.364. The van der Waals surface area contributed by atoms with Gasteiger partial charge in [-0.15, -0.1) is 0 Å². The number of carbonyl (C=O) groups excluding carboxylic acids is 1. The van der Waals surface area contributed by atoms with Crippen LogP contribution < -0.4 is 5.32 Å². The second-order valence-corrected chi connectivity index (χ2v) is 4.13. The molecule has 102 valence electrons. The van der Waals surface area contributed by atoms with Crippen molar-refractivity contribution in [3.63, 3.8) is 0 Å². The zero-order chi connectivity index (χ0) is 14.0.